The zero-order valence-electron chi connectivity index (χ0n) is 32.4. The fourth-order valence-corrected chi connectivity index (χ4v) is 6.41. The van der Waals surface area contributed by atoms with Crippen LogP contribution in [0.2, 0.25) is 0 Å². The first-order valence-electron chi connectivity index (χ1n) is 18.2. The molecular formula is C39H59N7O6S. The molecule has 1 aromatic heterocycles. The van der Waals surface area contributed by atoms with Crippen molar-refractivity contribution in [3.05, 3.63) is 65.4 Å². The highest BCUT2D eigenvalue weighted by Crippen LogP contribution is 2.27. The molecule has 4 atom stereocenters. The first-order valence-corrected chi connectivity index (χ1v) is 19.4. The van der Waals surface area contributed by atoms with Gasteiger partial charge in [-0.05, 0) is 109 Å². The SMILES string of the molecule is CNCCCC[C@H](NC(=O)[C@H](Cc1c[nH]c2c(C)cccc12)NC)C(=O)N[C@H](C(=O)N[C@@H](Cc1ccc(OCCNC)cc1)C(=O)OC)C(C)(C)SC. The monoisotopic (exact) mass is 753 g/mol. The number of fused-ring (bicyclic) bond motifs is 1. The number of thioether (sulfide) groups is 1. The molecule has 3 amide bonds. The number of hydrogen-bond donors (Lipinski definition) is 7. The zero-order chi connectivity index (χ0) is 39.0. The van der Waals surface area contributed by atoms with Crippen LogP contribution < -0.4 is 36.6 Å². The van der Waals surface area contributed by atoms with Crippen molar-refractivity contribution in [1.82, 2.24) is 36.9 Å². The van der Waals surface area contributed by atoms with Crippen LogP contribution in [0.3, 0.4) is 0 Å². The van der Waals surface area contributed by atoms with Crippen LogP contribution in [0, 0.1) is 6.92 Å². The van der Waals surface area contributed by atoms with E-state index in [0.717, 1.165) is 40.6 Å². The lowest BCUT2D eigenvalue weighted by molar-refractivity contribution is -0.145. The molecule has 0 spiro atoms. The molecule has 0 aliphatic heterocycles. The summed E-state index contributed by atoms with van der Waals surface area (Å²) in [6.45, 7) is 7.70. The number of aryl methyl sites for hydroxylation is 1. The van der Waals surface area contributed by atoms with E-state index in [2.05, 4.69) is 36.9 Å². The van der Waals surface area contributed by atoms with Crippen LogP contribution in [0.1, 0.15) is 49.8 Å². The van der Waals surface area contributed by atoms with Crippen molar-refractivity contribution in [2.24, 2.45) is 0 Å². The van der Waals surface area contributed by atoms with Crippen molar-refractivity contribution in [3.8, 4) is 5.75 Å². The van der Waals surface area contributed by atoms with Gasteiger partial charge < -0.3 is 46.4 Å². The van der Waals surface area contributed by atoms with E-state index in [9.17, 15) is 19.2 Å². The maximum atomic E-state index is 14.1. The Kier molecular flexibility index (Phi) is 17.6. The molecular weight excluding hydrogens is 695 g/mol. The van der Waals surface area contributed by atoms with Gasteiger partial charge in [0.25, 0.3) is 0 Å². The van der Waals surface area contributed by atoms with E-state index in [4.69, 9.17) is 9.47 Å². The van der Waals surface area contributed by atoms with Gasteiger partial charge >= 0.3 is 5.97 Å². The van der Waals surface area contributed by atoms with Gasteiger partial charge in [-0.25, -0.2) is 4.79 Å². The van der Waals surface area contributed by atoms with E-state index < -0.39 is 46.7 Å². The molecule has 0 unspecified atom stereocenters. The van der Waals surface area contributed by atoms with Crippen molar-refractivity contribution >= 4 is 46.4 Å². The van der Waals surface area contributed by atoms with Crippen LogP contribution in [-0.2, 0) is 36.8 Å². The van der Waals surface area contributed by atoms with Crippen molar-refractivity contribution in [2.75, 3.05) is 54.2 Å². The summed E-state index contributed by atoms with van der Waals surface area (Å²) in [7, 11) is 6.70. The molecule has 3 aromatic rings. The summed E-state index contributed by atoms with van der Waals surface area (Å²) >= 11 is 1.40. The van der Waals surface area contributed by atoms with Gasteiger partial charge in [-0.2, -0.15) is 11.8 Å². The molecule has 0 saturated carbocycles. The fourth-order valence-electron chi connectivity index (χ4n) is 6.00. The van der Waals surface area contributed by atoms with E-state index in [1.807, 2.05) is 89.8 Å². The molecule has 0 radical (unpaired) electrons. The first kappa shape index (κ1) is 43.3. The number of nitrogens with one attached hydrogen (secondary N) is 7. The second-order valence-corrected chi connectivity index (χ2v) is 15.1. The van der Waals surface area contributed by atoms with E-state index in [1.165, 1.54) is 18.9 Å². The van der Waals surface area contributed by atoms with Crippen LogP contribution in [-0.4, -0.2) is 112 Å². The fraction of sp³-hybridized carbons (Fsp3) is 0.538. The number of benzene rings is 2. The summed E-state index contributed by atoms with van der Waals surface area (Å²) in [5.74, 6) is -1.27. The van der Waals surface area contributed by atoms with Crippen LogP contribution >= 0.6 is 11.8 Å². The highest BCUT2D eigenvalue weighted by atomic mass is 32.2. The number of para-hydroxylation sites is 1. The number of amides is 3. The Balaban J connectivity index is 1.79. The molecule has 13 nitrogen and oxygen atoms in total. The van der Waals surface area contributed by atoms with Gasteiger partial charge in [-0.1, -0.05) is 30.3 Å². The summed E-state index contributed by atoms with van der Waals surface area (Å²) in [4.78, 5) is 58.1. The average Bonchev–Trinajstić information content (AvgIpc) is 3.57. The molecule has 0 aliphatic rings. The number of esters is 1. The van der Waals surface area contributed by atoms with Crippen LogP contribution in [0.25, 0.3) is 10.9 Å². The van der Waals surface area contributed by atoms with Crippen LogP contribution in [0.4, 0.5) is 0 Å². The molecule has 1 heterocycles. The van der Waals surface area contributed by atoms with Crippen LogP contribution in [0.5, 0.6) is 5.75 Å². The number of carbonyl (C=O) groups is 4. The van der Waals surface area contributed by atoms with Gasteiger partial charge in [-0.3, -0.25) is 14.4 Å². The third-order valence-electron chi connectivity index (χ3n) is 9.46. The van der Waals surface area contributed by atoms with Crippen molar-refractivity contribution < 1.29 is 28.7 Å². The molecule has 0 aliphatic carbocycles. The number of rotatable bonds is 23. The van der Waals surface area contributed by atoms with E-state index in [1.54, 1.807) is 7.05 Å². The number of carbonyl (C=O) groups excluding carboxylic acids is 4. The maximum Gasteiger partial charge on any atom is 0.328 e. The minimum atomic E-state index is -1.05. The van der Waals surface area contributed by atoms with E-state index >= 15 is 0 Å². The molecule has 7 N–H and O–H groups in total. The normalized spacial score (nSPS) is 13.8. The standard InChI is InChI=1S/C39H59N7O6S/c1-25-12-11-13-29-27(24-43-33(25)29)23-31(42-6)36(48)44-30(14-9-10-19-40-4)35(47)46-34(39(2,3)53-8)37(49)45-32(38(50)51-7)22-26-15-17-28(18-16-26)52-21-20-41-5/h11-13,15-18,24,30-32,34,40-43H,9-10,14,19-23H2,1-8H3,(H,44,48)(H,45,49)(H,46,47)/t30-,31-,32-,34+/m0/s1. The minimum Gasteiger partial charge on any atom is -0.492 e. The summed E-state index contributed by atoms with van der Waals surface area (Å²) in [6, 6.07) is 9.77. The number of H-pyrrole nitrogens is 1. The number of ether oxygens (including phenoxy) is 2. The molecule has 2 aromatic carbocycles. The Morgan fingerprint density at radius 2 is 1.51 bits per heavy atom. The largest absolute Gasteiger partial charge is 0.492 e. The smallest absolute Gasteiger partial charge is 0.328 e. The topological polar surface area (TPSA) is 175 Å². The lowest BCUT2D eigenvalue weighted by Crippen LogP contribution is -2.62. The lowest BCUT2D eigenvalue weighted by Gasteiger charge is -2.34. The number of hydrogen-bond acceptors (Lipinski definition) is 10. The number of unbranched alkanes of at least 4 members (excludes halogenated alkanes) is 1. The molecule has 14 heteroatoms. The predicted octanol–water partition coefficient (Wildman–Crippen LogP) is 2.61. The Morgan fingerprint density at radius 3 is 2.15 bits per heavy atom. The highest BCUT2D eigenvalue weighted by molar-refractivity contribution is 8.00. The third-order valence-corrected chi connectivity index (χ3v) is 10.7. The Bertz CT molecular complexity index is 1630. The predicted molar refractivity (Wildman–Crippen MR) is 212 cm³/mol. The second kappa shape index (κ2) is 21.6. The Labute approximate surface area is 318 Å². The summed E-state index contributed by atoms with van der Waals surface area (Å²) in [5.41, 5.74) is 3.92. The van der Waals surface area contributed by atoms with Gasteiger partial charge in [0.15, 0.2) is 0 Å². The Hall–Kier alpha value is -4.11. The number of aromatic amines is 1. The van der Waals surface area contributed by atoms with E-state index in [0.29, 0.717) is 38.2 Å². The number of aromatic nitrogens is 1. The van der Waals surface area contributed by atoms with Crippen molar-refractivity contribution in [1.29, 1.82) is 0 Å². The van der Waals surface area contributed by atoms with Gasteiger partial charge in [0.2, 0.25) is 17.7 Å². The van der Waals surface area contributed by atoms with Gasteiger partial charge in [0.05, 0.1) is 13.2 Å². The molecule has 0 saturated heterocycles. The lowest BCUT2D eigenvalue weighted by atomic mass is 9.99. The summed E-state index contributed by atoms with van der Waals surface area (Å²) in [5, 5.41) is 19.1. The molecule has 0 fully saturated rings. The molecule has 0 bridgehead atoms. The maximum absolute atomic E-state index is 14.1. The minimum absolute atomic E-state index is 0.168. The second-order valence-electron chi connectivity index (χ2n) is 13.7. The molecule has 292 valence electrons. The zero-order valence-corrected chi connectivity index (χ0v) is 33.3. The summed E-state index contributed by atoms with van der Waals surface area (Å²) < 4.78 is 9.97. The van der Waals surface area contributed by atoms with Crippen molar-refractivity contribution in [3.63, 3.8) is 0 Å². The average molecular weight is 754 g/mol. The third kappa shape index (κ3) is 12.8. The first-order chi connectivity index (χ1) is 25.4. The van der Waals surface area contributed by atoms with Crippen molar-refractivity contribution in [2.45, 2.75) is 81.8 Å². The summed E-state index contributed by atoms with van der Waals surface area (Å²) in [6.07, 6.45) is 6.18. The number of methoxy groups -OCH3 is 1. The van der Waals surface area contributed by atoms with Gasteiger partial charge in [-0.15, -0.1) is 0 Å². The number of likely N-dealkylation sites (N-methyl/N-ethyl adjacent to an activating group) is 2. The van der Waals surface area contributed by atoms with Gasteiger partial charge in [0, 0.05) is 34.8 Å². The molecule has 3 rings (SSSR count). The van der Waals surface area contributed by atoms with E-state index in [-0.39, 0.29) is 12.3 Å². The quantitative estimate of drug-likeness (QED) is 0.0564. The van der Waals surface area contributed by atoms with Crippen LogP contribution in [0.15, 0.2) is 48.7 Å². The highest BCUT2D eigenvalue weighted by Gasteiger charge is 2.39. The molecule has 53 heavy (non-hydrogen) atoms. The Morgan fingerprint density at radius 1 is 0.830 bits per heavy atom. The van der Waals surface area contributed by atoms with Gasteiger partial charge in [0.1, 0.15) is 30.5 Å².